The van der Waals surface area contributed by atoms with E-state index in [4.69, 9.17) is 5.11 Å². The Balaban J connectivity index is 2.22. The molecule has 1 aromatic heterocycles. The number of carboxylic acids is 1. The maximum atomic E-state index is 12.4. The molecule has 0 aromatic carbocycles. The van der Waals surface area contributed by atoms with E-state index in [1.54, 1.807) is 17.0 Å². The number of rotatable bonds is 2. The quantitative estimate of drug-likeness (QED) is 0.893. The summed E-state index contributed by atoms with van der Waals surface area (Å²) >= 11 is 1.84. The van der Waals surface area contributed by atoms with Gasteiger partial charge in [0.15, 0.2) is 0 Å². The van der Waals surface area contributed by atoms with Crippen molar-refractivity contribution in [3.8, 4) is 0 Å². The molecule has 1 atom stereocenters. The van der Waals surface area contributed by atoms with Crippen LogP contribution < -0.4 is 0 Å². The SMILES string of the molecule is CC1CCSCCN1C(=O)c1cccc(C(=O)O)n1. The summed E-state index contributed by atoms with van der Waals surface area (Å²) < 4.78 is 0. The lowest BCUT2D eigenvalue weighted by molar-refractivity contribution is 0.0687. The average Bonchev–Trinajstić information content (AvgIpc) is 2.63. The van der Waals surface area contributed by atoms with Gasteiger partial charge in [-0.3, -0.25) is 4.79 Å². The zero-order chi connectivity index (χ0) is 13.8. The van der Waals surface area contributed by atoms with E-state index in [9.17, 15) is 9.59 Å². The van der Waals surface area contributed by atoms with Gasteiger partial charge in [0, 0.05) is 18.3 Å². The van der Waals surface area contributed by atoms with Gasteiger partial charge in [-0.2, -0.15) is 11.8 Å². The fourth-order valence-corrected chi connectivity index (χ4v) is 3.05. The molecule has 0 aliphatic carbocycles. The number of amides is 1. The van der Waals surface area contributed by atoms with Gasteiger partial charge in [-0.15, -0.1) is 0 Å². The predicted molar refractivity (Wildman–Crippen MR) is 73.6 cm³/mol. The van der Waals surface area contributed by atoms with Crippen molar-refractivity contribution in [2.45, 2.75) is 19.4 Å². The average molecular weight is 280 g/mol. The van der Waals surface area contributed by atoms with E-state index in [0.717, 1.165) is 17.9 Å². The second kappa shape index (κ2) is 6.06. The van der Waals surface area contributed by atoms with E-state index >= 15 is 0 Å². The molecule has 1 fully saturated rings. The van der Waals surface area contributed by atoms with Crippen LogP contribution in [0.4, 0.5) is 0 Å². The van der Waals surface area contributed by atoms with Gasteiger partial charge >= 0.3 is 5.97 Å². The van der Waals surface area contributed by atoms with Crippen LogP contribution in [0.5, 0.6) is 0 Å². The summed E-state index contributed by atoms with van der Waals surface area (Å²) in [5.74, 6) is 0.662. The van der Waals surface area contributed by atoms with Crippen LogP contribution in [-0.4, -0.2) is 51.0 Å². The van der Waals surface area contributed by atoms with Crippen LogP contribution >= 0.6 is 11.8 Å². The van der Waals surface area contributed by atoms with E-state index in [2.05, 4.69) is 4.98 Å². The van der Waals surface area contributed by atoms with Crippen molar-refractivity contribution >= 4 is 23.6 Å². The molecule has 5 nitrogen and oxygen atoms in total. The standard InChI is InChI=1S/C13H16N2O3S/c1-9-5-7-19-8-6-15(9)12(16)10-3-2-4-11(14-10)13(17)18/h2-4,9H,5-8H2,1H3,(H,17,18). The number of pyridine rings is 1. The van der Waals surface area contributed by atoms with Crippen LogP contribution in [0.2, 0.25) is 0 Å². The van der Waals surface area contributed by atoms with Crippen molar-refractivity contribution in [3.05, 3.63) is 29.6 Å². The van der Waals surface area contributed by atoms with E-state index in [0.29, 0.717) is 6.54 Å². The van der Waals surface area contributed by atoms with Crippen molar-refractivity contribution in [2.75, 3.05) is 18.1 Å². The minimum atomic E-state index is -1.12. The smallest absolute Gasteiger partial charge is 0.354 e. The van der Waals surface area contributed by atoms with Gasteiger partial charge in [-0.05, 0) is 31.2 Å². The summed E-state index contributed by atoms with van der Waals surface area (Å²) in [5, 5.41) is 8.91. The van der Waals surface area contributed by atoms with Crippen molar-refractivity contribution in [1.82, 2.24) is 9.88 Å². The fourth-order valence-electron chi connectivity index (χ4n) is 2.02. The number of carbonyl (C=O) groups excluding carboxylic acids is 1. The molecule has 0 spiro atoms. The Morgan fingerprint density at radius 1 is 1.37 bits per heavy atom. The molecular weight excluding hydrogens is 264 g/mol. The van der Waals surface area contributed by atoms with E-state index in [-0.39, 0.29) is 23.3 Å². The molecule has 1 aromatic rings. The minimum absolute atomic E-state index is 0.0947. The van der Waals surface area contributed by atoms with E-state index < -0.39 is 5.97 Å². The molecule has 1 saturated heterocycles. The molecule has 0 radical (unpaired) electrons. The van der Waals surface area contributed by atoms with Crippen molar-refractivity contribution < 1.29 is 14.7 Å². The molecule has 2 heterocycles. The summed E-state index contributed by atoms with van der Waals surface area (Å²) in [6, 6.07) is 4.68. The Kier molecular flexibility index (Phi) is 4.42. The monoisotopic (exact) mass is 280 g/mol. The van der Waals surface area contributed by atoms with Crippen LogP contribution in [0.25, 0.3) is 0 Å². The number of hydrogen-bond donors (Lipinski definition) is 1. The predicted octanol–water partition coefficient (Wildman–Crippen LogP) is 1.75. The number of thioether (sulfide) groups is 1. The molecule has 1 N–H and O–H groups in total. The third-order valence-electron chi connectivity index (χ3n) is 3.14. The topological polar surface area (TPSA) is 70.5 Å². The Labute approximate surface area is 116 Å². The Bertz CT molecular complexity index is 493. The molecule has 19 heavy (non-hydrogen) atoms. The van der Waals surface area contributed by atoms with Gasteiger partial charge in [0.25, 0.3) is 5.91 Å². The molecular formula is C13H16N2O3S. The zero-order valence-corrected chi connectivity index (χ0v) is 11.5. The minimum Gasteiger partial charge on any atom is -0.477 e. The lowest BCUT2D eigenvalue weighted by Gasteiger charge is -2.26. The molecule has 1 amide bonds. The van der Waals surface area contributed by atoms with E-state index in [1.165, 1.54) is 6.07 Å². The van der Waals surface area contributed by atoms with Crippen molar-refractivity contribution in [3.63, 3.8) is 0 Å². The van der Waals surface area contributed by atoms with Gasteiger partial charge in [-0.25, -0.2) is 9.78 Å². The summed E-state index contributed by atoms with van der Waals surface area (Å²) in [6.07, 6.45) is 0.953. The second-order valence-corrected chi connectivity index (χ2v) is 5.69. The molecule has 1 aliphatic heterocycles. The Hall–Kier alpha value is -1.56. The first-order valence-corrected chi connectivity index (χ1v) is 7.34. The molecule has 0 saturated carbocycles. The van der Waals surface area contributed by atoms with E-state index in [1.807, 2.05) is 18.7 Å². The Morgan fingerprint density at radius 3 is 2.84 bits per heavy atom. The van der Waals surface area contributed by atoms with Crippen LogP contribution in [-0.2, 0) is 0 Å². The summed E-state index contributed by atoms with van der Waals surface area (Å²) in [7, 11) is 0. The number of nitrogens with zero attached hydrogens (tertiary/aromatic N) is 2. The third kappa shape index (κ3) is 3.26. The number of hydrogen-bond acceptors (Lipinski definition) is 4. The number of aromatic nitrogens is 1. The maximum absolute atomic E-state index is 12.4. The first-order chi connectivity index (χ1) is 9.09. The van der Waals surface area contributed by atoms with Crippen molar-refractivity contribution in [2.24, 2.45) is 0 Å². The zero-order valence-electron chi connectivity index (χ0n) is 10.7. The molecule has 2 rings (SSSR count). The van der Waals surface area contributed by atoms with Gasteiger partial charge in [0.1, 0.15) is 11.4 Å². The lowest BCUT2D eigenvalue weighted by atomic mass is 10.2. The highest BCUT2D eigenvalue weighted by atomic mass is 32.2. The third-order valence-corrected chi connectivity index (χ3v) is 4.13. The van der Waals surface area contributed by atoms with Gasteiger partial charge in [0.05, 0.1) is 0 Å². The highest BCUT2D eigenvalue weighted by Gasteiger charge is 2.24. The highest BCUT2D eigenvalue weighted by molar-refractivity contribution is 7.99. The summed E-state index contributed by atoms with van der Waals surface area (Å²) in [5.41, 5.74) is 0.112. The normalized spacial score (nSPS) is 19.8. The second-order valence-electron chi connectivity index (χ2n) is 4.46. The van der Waals surface area contributed by atoms with Gasteiger partial charge in [-0.1, -0.05) is 6.07 Å². The summed E-state index contributed by atoms with van der Waals surface area (Å²) in [4.78, 5) is 29.0. The van der Waals surface area contributed by atoms with Crippen LogP contribution in [0.15, 0.2) is 18.2 Å². The van der Waals surface area contributed by atoms with Crippen LogP contribution in [0, 0.1) is 0 Å². The maximum Gasteiger partial charge on any atom is 0.354 e. The molecule has 1 unspecified atom stereocenters. The first-order valence-electron chi connectivity index (χ1n) is 6.18. The fraction of sp³-hybridized carbons (Fsp3) is 0.462. The lowest BCUT2D eigenvalue weighted by Crippen LogP contribution is -2.39. The molecule has 6 heteroatoms. The summed E-state index contributed by atoms with van der Waals surface area (Å²) in [6.45, 7) is 2.70. The van der Waals surface area contributed by atoms with Crippen LogP contribution in [0.3, 0.4) is 0 Å². The Morgan fingerprint density at radius 2 is 2.11 bits per heavy atom. The first kappa shape index (κ1) is 13.9. The van der Waals surface area contributed by atoms with Crippen molar-refractivity contribution in [1.29, 1.82) is 0 Å². The molecule has 1 aliphatic rings. The number of carboxylic acid groups (broad SMARTS) is 1. The van der Waals surface area contributed by atoms with Gasteiger partial charge < -0.3 is 10.0 Å². The largest absolute Gasteiger partial charge is 0.477 e. The van der Waals surface area contributed by atoms with Crippen LogP contribution in [0.1, 0.15) is 34.3 Å². The number of aromatic carboxylic acids is 1. The molecule has 102 valence electrons. The van der Waals surface area contributed by atoms with Gasteiger partial charge in [0.2, 0.25) is 0 Å². The highest BCUT2D eigenvalue weighted by Crippen LogP contribution is 2.18. The molecule has 0 bridgehead atoms. The number of carbonyl (C=O) groups is 2.